The molecule has 5 nitrogen and oxygen atoms in total. The highest BCUT2D eigenvalue weighted by Crippen LogP contribution is 2.12. The fraction of sp³-hybridized carbons (Fsp3) is 0.692. The van der Waals surface area contributed by atoms with Crippen LogP contribution in [0.1, 0.15) is 52.4 Å². The lowest BCUT2D eigenvalue weighted by molar-refractivity contribution is -0.524. The minimum absolute atomic E-state index is 0.127. The minimum Gasteiger partial charge on any atom is -0.295 e. The zero-order valence-corrected chi connectivity index (χ0v) is 11.1. The molecule has 0 saturated heterocycles. The topological polar surface area (TPSA) is 77.3 Å². The van der Waals surface area contributed by atoms with Crippen molar-refractivity contribution in [2.75, 3.05) is 0 Å². The van der Waals surface area contributed by atoms with Crippen molar-refractivity contribution in [3.63, 3.8) is 0 Å². The summed E-state index contributed by atoms with van der Waals surface area (Å²) in [4.78, 5) is 32.5. The van der Waals surface area contributed by atoms with Crippen molar-refractivity contribution in [2.24, 2.45) is 0 Å². The van der Waals surface area contributed by atoms with Gasteiger partial charge in [0.25, 0.3) is 0 Å². The first-order valence-electron chi connectivity index (χ1n) is 6.32. The van der Waals surface area contributed by atoms with Gasteiger partial charge < -0.3 is 0 Å². The summed E-state index contributed by atoms with van der Waals surface area (Å²) in [6, 6.07) is -0.647. The third kappa shape index (κ3) is 8.61. The van der Waals surface area contributed by atoms with Gasteiger partial charge in [-0.15, -0.1) is 0 Å². The smallest absolute Gasteiger partial charge is 0.213 e. The van der Waals surface area contributed by atoms with Crippen LogP contribution in [-0.4, -0.2) is 22.5 Å². The molecule has 0 aliphatic carbocycles. The fourth-order valence-corrected chi connectivity index (χ4v) is 1.59. The molecule has 0 bridgehead atoms. The van der Waals surface area contributed by atoms with Gasteiger partial charge in [-0.25, -0.2) is 0 Å². The maximum absolute atomic E-state index is 11.3. The molecule has 1 atom stereocenters. The standard InChI is InChI=1S/C13H21NO4/c1-3-4-5-6-12(14(17)18)8-10-13(16)9-7-11(2)15/h7,9,12H,3-6,8,10H2,1-2H3/b9-7+. The summed E-state index contributed by atoms with van der Waals surface area (Å²) in [6.45, 7) is 3.39. The minimum atomic E-state index is -0.647. The number of allylic oxidation sites excluding steroid dienone is 2. The largest absolute Gasteiger partial charge is 0.295 e. The predicted octanol–water partition coefficient (Wildman–Crippen LogP) is 2.71. The highest BCUT2D eigenvalue weighted by molar-refractivity contribution is 5.97. The van der Waals surface area contributed by atoms with Crippen LogP contribution in [0.5, 0.6) is 0 Å². The Labute approximate surface area is 107 Å². The molecule has 0 fully saturated rings. The molecule has 0 N–H and O–H groups in total. The van der Waals surface area contributed by atoms with Crippen molar-refractivity contribution in [1.82, 2.24) is 0 Å². The summed E-state index contributed by atoms with van der Waals surface area (Å²) in [6.07, 6.45) is 6.10. The van der Waals surface area contributed by atoms with Crippen LogP contribution in [0, 0.1) is 10.1 Å². The molecule has 18 heavy (non-hydrogen) atoms. The van der Waals surface area contributed by atoms with Gasteiger partial charge in [0.05, 0.1) is 0 Å². The Hall–Kier alpha value is -1.52. The Morgan fingerprint density at radius 1 is 1.22 bits per heavy atom. The van der Waals surface area contributed by atoms with Gasteiger partial charge in [0.2, 0.25) is 6.04 Å². The third-order valence-electron chi connectivity index (χ3n) is 2.67. The van der Waals surface area contributed by atoms with Gasteiger partial charge in [-0.05, 0) is 25.5 Å². The van der Waals surface area contributed by atoms with E-state index in [-0.39, 0.29) is 29.3 Å². The second-order valence-corrected chi connectivity index (χ2v) is 4.38. The number of ketones is 2. The van der Waals surface area contributed by atoms with Crippen LogP contribution in [0.15, 0.2) is 12.2 Å². The molecule has 0 aromatic heterocycles. The molecule has 0 aromatic carbocycles. The molecule has 0 amide bonds. The van der Waals surface area contributed by atoms with E-state index < -0.39 is 6.04 Å². The normalized spacial score (nSPS) is 12.6. The van der Waals surface area contributed by atoms with Crippen LogP contribution in [0.2, 0.25) is 0 Å². The van der Waals surface area contributed by atoms with Gasteiger partial charge in [-0.2, -0.15) is 0 Å². The van der Waals surface area contributed by atoms with E-state index in [9.17, 15) is 19.7 Å². The molecule has 0 saturated carbocycles. The molecule has 0 aliphatic heterocycles. The van der Waals surface area contributed by atoms with Gasteiger partial charge >= 0.3 is 0 Å². The fourth-order valence-electron chi connectivity index (χ4n) is 1.59. The Balaban J connectivity index is 4.06. The number of hydrogen-bond acceptors (Lipinski definition) is 4. The predicted molar refractivity (Wildman–Crippen MR) is 69.0 cm³/mol. The highest BCUT2D eigenvalue weighted by atomic mass is 16.6. The molecular formula is C13H21NO4. The van der Waals surface area contributed by atoms with E-state index in [0.717, 1.165) is 19.3 Å². The van der Waals surface area contributed by atoms with Gasteiger partial charge in [-0.3, -0.25) is 19.7 Å². The van der Waals surface area contributed by atoms with Crippen LogP contribution >= 0.6 is 0 Å². The second-order valence-electron chi connectivity index (χ2n) is 4.38. The lowest BCUT2D eigenvalue weighted by Crippen LogP contribution is -2.20. The summed E-state index contributed by atoms with van der Waals surface area (Å²) >= 11 is 0. The zero-order valence-electron chi connectivity index (χ0n) is 11.1. The summed E-state index contributed by atoms with van der Waals surface area (Å²) in [5.41, 5.74) is 0. The summed E-state index contributed by atoms with van der Waals surface area (Å²) in [5, 5.41) is 10.8. The average molecular weight is 255 g/mol. The van der Waals surface area contributed by atoms with E-state index in [1.54, 1.807) is 0 Å². The third-order valence-corrected chi connectivity index (χ3v) is 2.67. The van der Waals surface area contributed by atoms with Crippen LogP contribution in [0.4, 0.5) is 0 Å². The molecule has 0 radical (unpaired) electrons. The molecule has 0 spiro atoms. The number of rotatable bonds is 10. The van der Waals surface area contributed by atoms with Crippen molar-refractivity contribution in [1.29, 1.82) is 0 Å². The second kappa shape index (κ2) is 9.50. The molecule has 0 rings (SSSR count). The maximum atomic E-state index is 11.3. The van der Waals surface area contributed by atoms with Gasteiger partial charge in [0, 0.05) is 24.2 Å². The molecule has 5 heteroatoms. The molecule has 0 heterocycles. The van der Waals surface area contributed by atoms with Crippen molar-refractivity contribution in [3.8, 4) is 0 Å². The molecule has 1 unspecified atom stereocenters. The lowest BCUT2D eigenvalue weighted by atomic mass is 10.0. The number of carbonyl (C=O) groups excluding carboxylic acids is 2. The van der Waals surface area contributed by atoms with Crippen molar-refractivity contribution in [2.45, 2.75) is 58.4 Å². The molecule has 0 aromatic rings. The molecular weight excluding hydrogens is 234 g/mol. The average Bonchev–Trinajstić information content (AvgIpc) is 2.30. The zero-order chi connectivity index (χ0) is 14.0. The Morgan fingerprint density at radius 2 is 1.89 bits per heavy atom. The molecule has 102 valence electrons. The van der Waals surface area contributed by atoms with Crippen molar-refractivity contribution < 1.29 is 14.5 Å². The summed E-state index contributed by atoms with van der Waals surface area (Å²) in [5.74, 6) is -0.426. The van der Waals surface area contributed by atoms with E-state index in [4.69, 9.17) is 0 Å². The first kappa shape index (κ1) is 16.5. The summed E-state index contributed by atoms with van der Waals surface area (Å²) in [7, 11) is 0. The van der Waals surface area contributed by atoms with Crippen LogP contribution in [0.3, 0.4) is 0 Å². The van der Waals surface area contributed by atoms with Crippen molar-refractivity contribution in [3.05, 3.63) is 22.3 Å². The van der Waals surface area contributed by atoms with E-state index in [1.807, 2.05) is 6.92 Å². The van der Waals surface area contributed by atoms with Crippen LogP contribution < -0.4 is 0 Å². The SMILES string of the molecule is CCCCCC(CCC(=O)/C=C/C(C)=O)[N+](=O)[O-]. The number of nitro groups is 1. The van der Waals surface area contributed by atoms with E-state index >= 15 is 0 Å². The van der Waals surface area contributed by atoms with E-state index in [2.05, 4.69) is 0 Å². The Kier molecular flexibility index (Phi) is 8.70. The number of unbranched alkanes of at least 4 members (excludes halogenated alkanes) is 2. The quantitative estimate of drug-likeness (QED) is 0.260. The Morgan fingerprint density at radius 3 is 2.39 bits per heavy atom. The van der Waals surface area contributed by atoms with Crippen LogP contribution in [0.25, 0.3) is 0 Å². The first-order valence-corrected chi connectivity index (χ1v) is 6.32. The van der Waals surface area contributed by atoms with Gasteiger partial charge in [0.15, 0.2) is 11.6 Å². The number of nitrogens with zero attached hydrogens (tertiary/aromatic N) is 1. The Bertz CT molecular complexity index is 323. The summed E-state index contributed by atoms with van der Waals surface area (Å²) < 4.78 is 0. The number of carbonyl (C=O) groups is 2. The van der Waals surface area contributed by atoms with E-state index in [0.29, 0.717) is 6.42 Å². The lowest BCUT2D eigenvalue weighted by Gasteiger charge is -2.07. The first-order chi connectivity index (χ1) is 8.47. The highest BCUT2D eigenvalue weighted by Gasteiger charge is 2.19. The molecule has 0 aliphatic rings. The monoisotopic (exact) mass is 255 g/mol. The van der Waals surface area contributed by atoms with Gasteiger partial charge in [0.1, 0.15) is 0 Å². The van der Waals surface area contributed by atoms with Gasteiger partial charge in [-0.1, -0.05) is 19.8 Å². The number of hydrogen-bond donors (Lipinski definition) is 0. The maximum Gasteiger partial charge on any atom is 0.213 e. The van der Waals surface area contributed by atoms with Crippen LogP contribution in [-0.2, 0) is 9.59 Å². The van der Waals surface area contributed by atoms with E-state index in [1.165, 1.54) is 19.1 Å². The van der Waals surface area contributed by atoms with Crippen molar-refractivity contribution >= 4 is 11.6 Å².